The normalized spacial score (nSPS) is 22.0. The summed E-state index contributed by atoms with van der Waals surface area (Å²) in [4.78, 5) is 12.7. The van der Waals surface area contributed by atoms with E-state index in [-0.39, 0.29) is 18.1 Å². The molecule has 2 aliphatic rings. The van der Waals surface area contributed by atoms with Crippen LogP contribution in [0.5, 0.6) is 5.75 Å². The summed E-state index contributed by atoms with van der Waals surface area (Å²) in [7, 11) is 1.66. The summed E-state index contributed by atoms with van der Waals surface area (Å²) in [5, 5.41) is 10.2. The fourth-order valence-corrected chi connectivity index (χ4v) is 3.73. The van der Waals surface area contributed by atoms with Gasteiger partial charge in [0.15, 0.2) is 5.69 Å². The van der Waals surface area contributed by atoms with Crippen LogP contribution >= 0.6 is 0 Å². The van der Waals surface area contributed by atoms with Crippen LogP contribution in [0.3, 0.4) is 0 Å². The molecule has 6 nitrogen and oxygen atoms in total. The van der Waals surface area contributed by atoms with Crippen LogP contribution < -0.4 is 10.1 Å². The molecule has 2 heterocycles. The van der Waals surface area contributed by atoms with Crippen LogP contribution in [0.1, 0.15) is 71.6 Å². The van der Waals surface area contributed by atoms with Crippen LogP contribution in [0.15, 0.2) is 18.2 Å². The molecule has 1 fully saturated rings. The average molecular weight is 355 g/mol. The van der Waals surface area contributed by atoms with Gasteiger partial charge < -0.3 is 14.8 Å². The predicted octanol–water partition coefficient (Wildman–Crippen LogP) is 3.25. The number of amides is 1. The number of ether oxygens (including phenoxy) is 2. The second-order valence-electron chi connectivity index (χ2n) is 7.29. The molecule has 0 saturated heterocycles. The Hall–Kier alpha value is -2.34. The molecule has 2 aromatic rings. The Bertz CT molecular complexity index is 826. The number of methoxy groups -OCH3 is 1. The Morgan fingerprint density at radius 2 is 2.19 bits per heavy atom. The first kappa shape index (κ1) is 17.1. The second kappa shape index (κ2) is 6.76. The van der Waals surface area contributed by atoms with E-state index in [0.29, 0.717) is 24.6 Å². The fourth-order valence-electron chi connectivity index (χ4n) is 3.73. The first-order chi connectivity index (χ1) is 12.6. The minimum atomic E-state index is -0.164. The van der Waals surface area contributed by atoms with Crippen molar-refractivity contribution in [2.75, 3.05) is 7.11 Å². The summed E-state index contributed by atoms with van der Waals surface area (Å²) in [6.45, 7) is 4.41. The number of nitrogens with one attached hydrogen (secondary N) is 2. The van der Waals surface area contributed by atoms with Gasteiger partial charge in [-0.15, -0.1) is 0 Å². The fraction of sp³-hybridized carbons (Fsp3) is 0.500. The van der Waals surface area contributed by atoms with Crippen LogP contribution in [0.25, 0.3) is 0 Å². The van der Waals surface area contributed by atoms with Crippen molar-refractivity contribution in [2.24, 2.45) is 0 Å². The third kappa shape index (κ3) is 3.21. The zero-order valence-electron chi connectivity index (χ0n) is 15.5. The largest absolute Gasteiger partial charge is 0.496 e. The molecule has 26 heavy (non-hydrogen) atoms. The number of carbonyl (C=O) groups excluding carboxylic acids is 1. The maximum atomic E-state index is 12.7. The highest BCUT2D eigenvalue weighted by atomic mass is 16.5. The van der Waals surface area contributed by atoms with E-state index in [2.05, 4.69) is 27.6 Å². The van der Waals surface area contributed by atoms with Crippen LogP contribution in [-0.2, 0) is 17.7 Å². The van der Waals surface area contributed by atoms with Crippen molar-refractivity contribution in [3.05, 3.63) is 46.3 Å². The molecular weight excluding hydrogens is 330 g/mol. The molecular formula is C20H25N3O3. The van der Waals surface area contributed by atoms with Crippen molar-refractivity contribution in [2.45, 2.75) is 57.8 Å². The molecule has 0 radical (unpaired) electrons. The number of nitrogens with zero attached hydrogens (tertiary/aromatic N) is 1. The number of H-pyrrole nitrogens is 1. The van der Waals surface area contributed by atoms with Crippen LogP contribution in [0, 0.1) is 0 Å². The number of hydrogen-bond acceptors (Lipinski definition) is 4. The summed E-state index contributed by atoms with van der Waals surface area (Å²) >= 11 is 0. The molecule has 2 atom stereocenters. The Morgan fingerprint density at radius 1 is 1.38 bits per heavy atom. The van der Waals surface area contributed by atoms with Crippen molar-refractivity contribution in [1.29, 1.82) is 0 Å². The van der Waals surface area contributed by atoms with E-state index in [1.807, 2.05) is 19.9 Å². The van der Waals surface area contributed by atoms with Crippen LogP contribution in [0.4, 0.5) is 0 Å². The van der Waals surface area contributed by atoms with Crippen LogP contribution in [-0.4, -0.2) is 29.3 Å². The van der Waals surface area contributed by atoms with Gasteiger partial charge >= 0.3 is 0 Å². The minimum absolute atomic E-state index is 0.0712. The average Bonchev–Trinajstić information content (AvgIpc) is 3.39. The van der Waals surface area contributed by atoms with Gasteiger partial charge in [0.1, 0.15) is 5.75 Å². The SMILES string of the molecule is COc1ccc(C2CC2)cc1CNC(=O)c1n[nH]c2c1C[C@H](C)O[C@@H]2C. The number of hydrogen-bond donors (Lipinski definition) is 2. The zero-order valence-corrected chi connectivity index (χ0v) is 15.5. The molecule has 2 N–H and O–H groups in total. The molecule has 1 amide bonds. The van der Waals surface area contributed by atoms with Crippen molar-refractivity contribution in [3.63, 3.8) is 0 Å². The van der Waals surface area contributed by atoms with Crippen molar-refractivity contribution < 1.29 is 14.3 Å². The maximum Gasteiger partial charge on any atom is 0.272 e. The van der Waals surface area contributed by atoms with Crippen LogP contribution in [0.2, 0.25) is 0 Å². The minimum Gasteiger partial charge on any atom is -0.496 e. The lowest BCUT2D eigenvalue weighted by Crippen LogP contribution is -2.27. The highest BCUT2D eigenvalue weighted by Crippen LogP contribution is 2.41. The Labute approximate surface area is 153 Å². The Balaban J connectivity index is 1.51. The molecule has 4 rings (SSSR count). The van der Waals surface area contributed by atoms with Gasteiger partial charge in [-0.3, -0.25) is 9.89 Å². The second-order valence-corrected chi connectivity index (χ2v) is 7.29. The maximum absolute atomic E-state index is 12.7. The molecule has 6 heteroatoms. The quantitative estimate of drug-likeness (QED) is 0.863. The van der Waals surface area contributed by atoms with Gasteiger partial charge in [-0.1, -0.05) is 12.1 Å². The third-order valence-corrected chi connectivity index (χ3v) is 5.24. The first-order valence-electron chi connectivity index (χ1n) is 9.24. The molecule has 1 aliphatic heterocycles. The van der Waals surface area contributed by atoms with E-state index in [4.69, 9.17) is 9.47 Å². The van der Waals surface area contributed by atoms with Gasteiger partial charge in [0.25, 0.3) is 5.91 Å². The lowest BCUT2D eigenvalue weighted by molar-refractivity contribution is -0.00697. The molecule has 0 spiro atoms. The highest BCUT2D eigenvalue weighted by molar-refractivity contribution is 5.94. The number of fused-ring (bicyclic) bond motifs is 1. The van der Waals surface area contributed by atoms with Gasteiger partial charge in [-0.25, -0.2) is 0 Å². The predicted molar refractivity (Wildman–Crippen MR) is 97.4 cm³/mol. The standard InChI is InChI=1S/C20H25N3O3/c1-11-8-16-18(12(2)26-11)22-23-19(16)20(24)21-10-15-9-14(13-4-5-13)6-7-17(15)25-3/h6-7,9,11-13H,4-5,8,10H2,1-3H3,(H,21,24)(H,22,23)/t11-,12+/m0/s1. The molecule has 1 aromatic carbocycles. The highest BCUT2D eigenvalue weighted by Gasteiger charge is 2.29. The number of benzene rings is 1. The van der Waals surface area contributed by atoms with Crippen molar-refractivity contribution >= 4 is 5.91 Å². The van der Waals surface area contributed by atoms with E-state index in [1.54, 1.807) is 7.11 Å². The summed E-state index contributed by atoms with van der Waals surface area (Å²) in [5.74, 6) is 1.30. The molecule has 1 aromatic heterocycles. The molecule has 0 unspecified atom stereocenters. The van der Waals surface area contributed by atoms with E-state index in [0.717, 1.165) is 22.6 Å². The van der Waals surface area contributed by atoms with E-state index < -0.39 is 0 Å². The first-order valence-corrected chi connectivity index (χ1v) is 9.24. The van der Waals surface area contributed by atoms with E-state index >= 15 is 0 Å². The third-order valence-electron chi connectivity index (χ3n) is 5.24. The number of rotatable bonds is 5. The van der Waals surface area contributed by atoms with E-state index in [1.165, 1.54) is 18.4 Å². The summed E-state index contributed by atoms with van der Waals surface area (Å²) in [5.41, 5.74) is 4.67. The number of aromatic amines is 1. The van der Waals surface area contributed by atoms with Gasteiger partial charge in [0.05, 0.1) is 25.0 Å². The molecule has 1 saturated carbocycles. The van der Waals surface area contributed by atoms with Gasteiger partial charge in [0.2, 0.25) is 0 Å². The lowest BCUT2D eigenvalue weighted by Gasteiger charge is -2.25. The monoisotopic (exact) mass is 355 g/mol. The van der Waals surface area contributed by atoms with E-state index in [9.17, 15) is 4.79 Å². The lowest BCUT2D eigenvalue weighted by atomic mass is 9.99. The van der Waals surface area contributed by atoms with Gasteiger partial charge in [-0.2, -0.15) is 5.10 Å². The zero-order chi connectivity index (χ0) is 18.3. The Kier molecular flexibility index (Phi) is 4.44. The number of aromatic nitrogens is 2. The summed E-state index contributed by atoms with van der Waals surface area (Å²) in [6.07, 6.45) is 3.20. The van der Waals surface area contributed by atoms with Crippen molar-refractivity contribution in [1.82, 2.24) is 15.5 Å². The number of carbonyl (C=O) groups is 1. The van der Waals surface area contributed by atoms with Gasteiger partial charge in [-0.05, 0) is 44.2 Å². The topological polar surface area (TPSA) is 76.2 Å². The van der Waals surface area contributed by atoms with Gasteiger partial charge in [0, 0.05) is 24.1 Å². The molecule has 1 aliphatic carbocycles. The molecule has 138 valence electrons. The summed E-state index contributed by atoms with van der Waals surface area (Å²) in [6, 6.07) is 6.26. The van der Waals surface area contributed by atoms with Crippen molar-refractivity contribution in [3.8, 4) is 5.75 Å². The Morgan fingerprint density at radius 3 is 2.92 bits per heavy atom. The molecule has 0 bridgehead atoms. The smallest absolute Gasteiger partial charge is 0.272 e. The summed E-state index contributed by atoms with van der Waals surface area (Å²) < 4.78 is 11.2.